The lowest BCUT2D eigenvalue weighted by molar-refractivity contribution is 1.09. The van der Waals surface area contributed by atoms with E-state index < -0.39 is 0 Å². The Kier molecular flexibility index (Phi) is 3.35. The molecule has 0 aliphatic rings. The molecule has 2 aromatic heterocycles. The summed E-state index contributed by atoms with van der Waals surface area (Å²) in [5.74, 6) is 0. The van der Waals surface area contributed by atoms with Crippen LogP contribution >= 0.6 is 11.5 Å². The van der Waals surface area contributed by atoms with E-state index in [9.17, 15) is 0 Å². The molecule has 0 amide bonds. The minimum absolute atomic E-state index is 0.636. The molecule has 5 heteroatoms. The third-order valence-electron chi connectivity index (χ3n) is 2.56. The Labute approximate surface area is 104 Å². The molecule has 0 unspecified atom stereocenters. The molecule has 0 aliphatic carbocycles. The van der Waals surface area contributed by atoms with Gasteiger partial charge in [0.2, 0.25) is 0 Å². The Balaban J connectivity index is 2.13. The van der Waals surface area contributed by atoms with Gasteiger partial charge in [0, 0.05) is 18.9 Å². The second kappa shape index (κ2) is 4.93. The minimum atomic E-state index is 0.636. The van der Waals surface area contributed by atoms with E-state index in [2.05, 4.69) is 20.7 Å². The monoisotopic (exact) mass is 244 g/mol. The summed E-state index contributed by atoms with van der Waals surface area (Å²) in [4.78, 5) is 4.09. The van der Waals surface area contributed by atoms with E-state index in [4.69, 9.17) is 5.26 Å². The zero-order chi connectivity index (χ0) is 12.3. The third kappa shape index (κ3) is 2.43. The lowest BCUT2D eigenvalue weighted by Gasteiger charge is -2.06. The van der Waals surface area contributed by atoms with Crippen molar-refractivity contribution in [2.75, 3.05) is 5.32 Å². The van der Waals surface area contributed by atoms with Crippen molar-refractivity contribution in [3.05, 3.63) is 40.8 Å². The number of nitrogens with zero attached hydrogens (tertiary/aromatic N) is 3. The number of hydrogen-bond donors (Lipinski definition) is 1. The van der Waals surface area contributed by atoms with Crippen molar-refractivity contribution in [3.8, 4) is 6.07 Å². The second-order valence-electron chi connectivity index (χ2n) is 3.74. The smallest absolute Gasteiger partial charge is 0.127 e. The molecular weight excluding hydrogens is 232 g/mol. The molecule has 0 radical (unpaired) electrons. The van der Waals surface area contributed by atoms with Crippen LogP contribution in [0.5, 0.6) is 0 Å². The van der Waals surface area contributed by atoms with Crippen LogP contribution < -0.4 is 5.32 Å². The number of anilines is 1. The summed E-state index contributed by atoms with van der Waals surface area (Å²) in [5.41, 5.74) is 3.73. The number of aryl methyl sites for hydroxylation is 2. The van der Waals surface area contributed by atoms with Gasteiger partial charge in [-0.25, -0.2) is 0 Å². The molecule has 0 fully saturated rings. The van der Waals surface area contributed by atoms with E-state index in [0.29, 0.717) is 12.1 Å². The molecular formula is C12H12N4S. The van der Waals surface area contributed by atoms with Crippen LogP contribution in [0, 0.1) is 25.2 Å². The molecule has 2 aromatic rings. The predicted molar refractivity (Wildman–Crippen MR) is 67.9 cm³/mol. The summed E-state index contributed by atoms with van der Waals surface area (Å²) in [7, 11) is 0. The number of rotatable bonds is 3. The first kappa shape index (κ1) is 11.6. The molecule has 0 saturated heterocycles. The molecule has 0 bridgehead atoms. The maximum Gasteiger partial charge on any atom is 0.127 e. The molecule has 0 saturated carbocycles. The van der Waals surface area contributed by atoms with E-state index in [1.807, 2.05) is 26.1 Å². The van der Waals surface area contributed by atoms with Gasteiger partial charge in [-0.05, 0) is 42.6 Å². The van der Waals surface area contributed by atoms with Crippen LogP contribution in [0.3, 0.4) is 0 Å². The van der Waals surface area contributed by atoms with Crippen molar-refractivity contribution in [1.82, 2.24) is 9.36 Å². The van der Waals surface area contributed by atoms with Gasteiger partial charge in [-0.2, -0.15) is 9.64 Å². The fourth-order valence-corrected chi connectivity index (χ4v) is 2.22. The Morgan fingerprint density at radius 2 is 2.29 bits per heavy atom. The molecule has 0 atom stereocenters. The average Bonchev–Trinajstić information content (AvgIpc) is 2.69. The number of pyridine rings is 1. The van der Waals surface area contributed by atoms with Gasteiger partial charge in [0.1, 0.15) is 16.6 Å². The summed E-state index contributed by atoms with van der Waals surface area (Å²) in [6.45, 7) is 4.55. The van der Waals surface area contributed by atoms with Gasteiger partial charge in [0.05, 0.1) is 5.69 Å². The highest BCUT2D eigenvalue weighted by Crippen LogP contribution is 2.24. The summed E-state index contributed by atoms with van der Waals surface area (Å²) >= 11 is 1.32. The molecule has 2 rings (SSSR count). The first-order valence-electron chi connectivity index (χ1n) is 5.22. The largest absolute Gasteiger partial charge is 0.370 e. The van der Waals surface area contributed by atoms with E-state index >= 15 is 0 Å². The van der Waals surface area contributed by atoms with Gasteiger partial charge in [-0.1, -0.05) is 0 Å². The highest BCUT2D eigenvalue weighted by molar-refractivity contribution is 7.10. The van der Waals surface area contributed by atoms with Crippen molar-refractivity contribution in [2.45, 2.75) is 20.4 Å². The Hall–Kier alpha value is -1.93. The fourth-order valence-electron chi connectivity index (χ4n) is 1.48. The molecule has 86 valence electrons. The van der Waals surface area contributed by atoms with E-state index in [-0.39, 0.29) is 0 Å². The summed E-state index contributed by atoms with van der Waals surface area (Å²) < 4.78 is 4.16. The number of aromatic nitrogens is 2. The molecule has 17 heavy (non-hydrogen) atoms. The quantitative estimate of drug-likeness (QED) is 0.901. The topological polar surface area (TPSA) is 61.6 Å². The van der Waals surface area contributed by atoms with Crippen molar-refractivity contribution in [2.24, 2.45) is 0 Å². The van der Waals surface area contributed by atoms with E-state index in [0.717, 1.165) is 16.3 Å². The lowest BCUT2D eigenvalue weighted by Crippen LogP contribution is -2.01. The molecule has 0 aromatic carbocycles. The van der Waals surface area contributed by atoms with Crippen LogP contribution in [0.2, 0.25) is 0 Å². The van der Waals surface area contributed by atoms with Crippen LogP contribution in [0.25, 0.3) is 0 Å². The second-order valence-corrected chi connectivity index (χ2v) is 4.51. The highest BCUT2D eigenvalue weighted by atomic mass is 32.1. The predicted octanol–water partition coefficient (Wildman–Crippen LogP) is 2.64. The van der Waals surface area contributed by atoms with E-state index in [1.165, 1.54) is 17.1 Å². The minimum Gasteiger partial charge on any atom is -0.370 e. The molecule has 1 N–H and O–H groups in total. The molecule has 4 nitrogen and oxygen atoms in total. The molecule has 2 heterocycles. The standard InChI is InChI=1S/C12H12N4S/c1-8-3-4-14-6-10(8)7-15-12-11(5-13)9(2)16-17-12/h3-4,6,15H,7H2,1-2H3. The van der Waals surface area contributed by atoms with Gasteiger partial charge in [-0.15, -0.1) is 0 Å². The lowest BCUT2D eigenvalue weighted by atomic mass is 10.1. The molecule has 0 aliphatic heterocycles. The van der Waals surface area contributed by atoms with Crippen molar-refractivity contribution in [1.29, 1.82) is 5.26 Å². The third-order valence-corrected chi connectivity index (χ3v) is 3.46. The fraction of sp³-hybridized carbons (Fsp3) is 0.250. The Morgan fingerprint density at radius 1 is 1.47 bits per heavy atom. The zero-order valence-electron chi connectivity index (χ0n) is 9.69. The first-order valence-corrected chi connectivity index (χ1v) is 5.99. The van der Waals surface area contributed by atoms with Crippen molar-refractivity contribution < 1.29 is 0 Å². The maximum atomic E-state index is 9.00. The number of nitrogens with one attached hydrogen (secondary N) is 1. The summed E-state index contributed by atoms with van der Waals surface area (Å²) in [6, 6.07) is 4.14. The SMILES string of the molecule is Cc1ccncc1CNc1snc(C)c1C#N. The number of hydrogen-bond acceptors (Lipinski definition) is 5. The number of nitriles is 1. The van der Waals surface area contributed by atoms with Gasteiger partial charge in [0.25, 0.3) is 0 Å². The molecule has 0 spiro atoms. The van der Waals surface area contributed by atoms with Crippen LogP contribution in [0.4, 0.5) is 5.00 Å². The zero-order valence-corrected chi connectivity index (χ0v) is 10.5. The first-order chi connectivity index (χ1) is 8.22. The van der Waals surface area contributed by atoms with Crippen LogP contribution in [-0.4, -0.2) is 9.36 Å². The van der Waals surface area contributed by atoms with Crippen LogP contribution in [-0.2, 0) is 6.54 Å². The van der Waals surface area contributed by atoms with Gasteiger partial charge in [-0.3, -0.25) is 4.98 Å². The average molecular weight is 244 g/mol. The van der Waals surface area contributed by atoms with Crippen molar-refractivity contribution in [3.63, 3.8) is 0 Å². The van der Waals surface area contributed by atoms with E-state index in [1.54, 1.807) is 6.20 Å². The highest BCUT2D eigenvalue weighted by Gasteiger charge is 2.09. The normalized spacial score (nSPS) is 9.94. The summed E-state index contributed by atoms with van der Waals surface area (Å²) in [6.07, 6.45) is 3.61. The van der Waals surface area contributed by atoms with Crippen molar-refractivity contribution >= 4 is 16.5 Å². The Morgan fingerprint density at radius 3 is 3.00 bits per heavy atom. The summed E-state index contributed by atoms with van der Waals surface area (Å²) in [5, 5.41) is 13.1. The maximum absolute atomic E-state index is 9.00. The van der Waals surface area contributed by atoms with Crippen LogP contribution in [0.1, 0.15) is 22.4 Å². The van der Waals surface area contributed by atoms with Crippen LogP contribution in [0.15, 0.2) is 18.5 Å². The van der Waals surface area contributed by atoms with Gasteiger partial charge < -0.3 is 5.32 Å². The Bertz CT molecular complexity index is 568. The van der Waals surface area contributed by atoms with Gasteiger partial charge in [0.15, 0.2) is 0 Å². The van der Waals surface area contributed by atoms with Gasteiger partial charge >= 0.3 is 0 Å².